The zero-order chi connectivity index (χ0) is 23.9. The van der Waals surface area contributed by atoms with E-state index in [1.54, 1.807) is 6.08 Å². The summed E-state index contributed by atoms with van der Waals surface area (Å²) in [7, 11) is 0. The molecular formula is C29H30O5. The van der Waals surface area contributed by atoms with Gasteiger partial charge in [0.05, 0.1) is 6.61 Å². The highest BCUT2D eigenvalue weighted by Gasteiger charge is 2.80. The Morgan fingerprint density at radius 2 is 1.94 bits per heavy atom. The van der Waals surface area contributed by atoms with Crippen LogP contribution in [0.3, 0.4) is 0 Å². The van der Waals surface area contributed by atoms with Crippen molar-refractivity contribution >= 4 is 23.6 Å². The van der Waals surface area contributed by atoms with Gasteiger partial charge >= 0.3 is 5.97 Å². The van der Waals surface area contributed by atoms with Gasteiger partial charge in [0.1, 0.15) is 17.6 Å². The summed E-state index contributed by atoms with van der Waals surface area (Å²) in [6.45, 7) is 8.89. The first-order chi connectivity index (χ1) is 16.2. The molecule has 1 heterocycles. The summed E-state index contributed by atoms with van der Waals surface area (Å²) in [6.07, 6.45) is 8.26. The lowest BCUT2D eigenvalue weighted by molar-refractivity contribution is -0.187. The van der Waals surface area contributed by atoms with Crippen molar-refractivity contribution in [2.75, 3.05) is 6.61 Å². The largest absolute Gasteiger partial charge is 0.457 e. The molecule has 1 saturated heterocycles. The molecule has 4 fully saturated rings. The number of ether oxygens (including phenoxy) is 2. The quantitative estimate of drug-likeness (QED) is 0.292. The van der Waals surface area contributed by atoms with Crippen molar-refractivity contribution < 1.29 is 23.9 Å². The molecule has 0 amide bonds. The standard InChI is InChI=1S/C29H30O5/c1-17-19-11-12-20-28-15-7-14-27(2,3)23(28)22(33-16-28)25(32)29(20,24(17)31)26(19)34-21(30)13-10-18-8-5-4-6-9-18/h4-10,13,15,19-20,22-23,26H,1,11-12,14,16H2,2-3H3/b13-10+/t19-,20-,22+,23+,26+,28+,29+/m0/s1. The summed E-state index contributed by atoms with van der Waals surface area (Å²) in [4.78, 5) is 41.1. The second-order valence-electron chi connectivity index (χ2n) is 11.3. The van der Waals surface area contributed by atoms with E-state index in [9.17, 15) is 14.4 Å². The van der Waals surface area contributed by atoms with Crippen molar-refractivity contribution in [3.05, 3.63) is 66.3 Å². The molecule has 7 atom stereocenters. The van der Waals surface area contributed by atoms with Crippen LogP contribution in [0.25, 0.3) is 6.08 Å². The predicted molar refractivity (Wildman–Crippen MR) is 126 cm³/mol. The summed E-state index contributed by atoms with van der Waals surface area (Å²) in [5.41, 5.74) is -0.622. The van der Waals surface area contributed by atoms with Gasteiger partial charge in [-0.1, -0.05) is 62.9 Å². The zero-order valence-electron chi connectivity index (χ0n) is 19.7. The van der Waals surface area contributed by atoms with Gasteiger partial charge in [-0.25, -0.2) is 4.79 Å². The fourth-order valence-electron chi connectivity index (χ4n) is 8.10. The molecule has 6 rings (SSSR count). The molecule has 176 valence electrons. The van der Waals surface area contributed by atoms with Gasteiger partial charge in [-0.3, -0.25) is 9.59 Å². The van der Waals surface area contributed by atoms with Crippen LogP contribution in [0.1, 0.15) is 38.7 Å². The first-order valence-electron chi connectivity index (χ1n) is 12.2. The molecule has 1 aromatic carbocycles. The van der Waals surface area contributed by atoms with Crippen LogP contribution in [-0.4, -0.2) is 36.4 Å². The minimum Gasteiger partial charge on any atom is -0.457 e. The molecule has 0 unspecified atom stereocenters. The number of fused-ring (bicyclic) bond motifs is 1. The topological polar surface area (TPSA) is 69.7 Å². The minimum absolute atomic E-state index is 0.0145. The van der Waals surface area contributed by atoms with Crippen molar-refractivity contribution in [1.82, 2.24) is 0 Å². The monoisotopic (exact) mass is 458 g/mol. The molecule has 5 aliphatic rings. The van der Waals surface area contributed by atoms with Crippen molar-refractivity contribution in [3.63, 3.8) is 0 Å². The number of benzene rings is 1. The average molecular weight is 459 g/mol. The minimum atomic E-state index is -1.40. The van der Waals surface area contributed by atoms with Gasteiger partial charge in [-0.15, -0.1) is 0 Å². The molecule has 3 saturated carbocycles. The maximum absolute atomic E-state index is 14.2. The number of carbonyl (C=O) groups is 3. The zero-order valence-corrected chi connectivity index (χ0v) is 19.7. The van der Waals surface area contributed by atoms with Gasteiger partial charge in [0.15, 0.2) is 11.6 Å². The molecule has 1 spiro atoms. The lowest BCUT2D eigenvalue weighted by Gasteiger charge is -2.59. The van der Waals surface area contributed by atoms with E-state index in [0.717, 1.165) is 18.4 Å². The number of carbonyl (C=O) groups excluding carboxylic acids is 3. The maximum atomic E-state index is 14.2. The molecule has 4 aliphatic carbocycles. The number of ketones is 2. The predicted octanol–water partition coefficient (Wildman–Crippen LogP) is 4.33. The van der Waals surface area contributed by atoms with Crippen molar-refractivity contribution in [3.8, 4) is 0 Å². The lowest BCUT2D eigenvalue weighted by atomic mass is 9.41. The van der Waals surface area contributed by atoms with Crippen LogP contribution in [-0.2, 0) is 23.9 Å². The van der Waals surface area contributed by atoms with Crippen LogP contribution in [0.2, 0.25) is 0 Å². The molecule has 0 aromatic heterocycles. The maximum Gasteiger partial charge on any atom is 0.331 e. The molecule has 0 N–H and O–H groups in total. The highest BCUT2D eigenvalue weighted by Crippen LogP contribution is 2.71. The van der Waals surface area contributed by atoms with Crippen molar-refractivity contribution in [2.24, 2.45) is 34.0 Å². The van der Waals surface area contributed by atoms with Crippen LogP contribution in [0.4, 0.5) is 0 Å². The van der Waals surface area contributed by atoms with E-state index in [1.807, 2.05) is 30.3 Å². The Kier molecular flexibility index (Phi) is 4.54. The Balaban J connectivity index is 1.42. The number of hydrogen-bond donors (Lipinski definition) is 0. The summed E-state index contributed by atoms with van der Waals surface area (Å²) in [6, 6.07) is 9.48. The van der Waals surface area contributed by atoms with Gasteiger partial charge < -0.3 is 9.47 Å². The Morgan fingerprint density at radius 3 is 2.71 bits per heavy atom. The number of hydrogen-bond acceptors (Lipinski definition) is 5. The smallest absolute Gasteiger partial charge is 0.331 e. The molecule has 5 heteroatoms. The van der Waals surface area contributed by atoms with E-state index in [0.29, 0.717) is 18.6 Å². The van der Waals surface area contributed by atoms with E-state index < -0.39 is 29.0 Å². The van der Waals surface area contributed by atoms with Gasteiger partial charge in [0.25, 0.3) is 0 Å². The number of esters is 1. The van der Waals surface area contributed by atoms with E-state index in [1.165, 1.54) is 6.08 Å². The molecular weight excluding hydrogens is 428 g/mol. The number of Topliss-reactive ketones (excluding diaryl/α,β-unsaturated/α-hetero) is 2. The molecule has 1 aromatic rings. The van der Waals surface area contributed by atoms with E-state index in [-0.39, 0.29) is 34.7 Å². The highest BCUT2D eigenvalue weighted by molar-refractivity contribution is 6.20. The van der Waals surface area contributed by atoms with Crippen molar-refractivity contribution in [1.29, 1.82) is 0 Å². The van der Waals surface area contributed by atoms with Crippen LogP contribution < -0.4 is 0 Å². The fraction of sp³-hybridized carbons (Fsp3) is 0.483. The van der Waals surface area contributed by atoms with E-state index in [4.69, 9.17) is 9.47 Å². The second kappa shape index (κ2) is 7.11. The van der Waals surface area contributed by atoms with Gasteiger partial charge in [0.2, 0.25) is 0 Å². The SMILES string of the molecule is C=C1C(=O)[C@@]23C(=O)[C@@H]4OC[C@]5(C=CCC(C)(C)[C@@H]45)[C@@H]2CC[C@@H]1[C@H]3OC(=O)/C=C/c1ccccc1. The lowest BCUT2D eigenvalue weighted by Crippen LogP contribution is -2.68. The molecule has 4 bridgehead atoms. The third-order valence-corrected chi connectivity index (χ3v) is 9.32. The van der Waals surface area contributed by atoms with Gasteiger partial charge in [0, 0.05) is 23.3 Å². The van der Waals surface area contributed by atoms with E-state index >= 15 is 0 Å². The van der Waals surface area contributed by atoms with Crippen LogP contribution in [0.15, 0.2) is 60.7 Å². The third kappa shape index (κ3) is 2.56. The molecule has 34 heavy (non-hydrogen) atoms. The Bertz CT molecular complexity index is 1160. The Labute approximate surface area is 199 Å². The first-order valence-corrected chi connectivity index (χ1v) is 12.2. The van der Waals surface area contributed by atoms with E-state index in [2.05, 4.69) is 32.6 Å². The average Bonchev–Trinajstić information content (AvgIpc) is 3.24. The number of rotatable bonds is 3. The third-order valence-electron chi connectivity index (χ3n) is 9.32. The normalized spacial score (nSPS) is 41.5. The molecule has 0 radical (unpaired) electrons. The Hall–Kier alpha value is -2.79. The van der Waals surface area contributed by atoms with Gasteiger partial charge in [-0.2, -0.15) is 0 Å². The number of allylic oxidation sites excluding steroid dienone is 1. The molecule has 5 nitrogen and oxygen atoms in total. The first kappa shape index (κ1) is 21.7. The van der Waals surface area contributed by atoms with Crippen LogP contribution in [0.5, 0.6) is 0 Å². The van der Waals surface area contributed by atoms with Crippen LogP contribution >= 0.6 is 0 Å². The highest BCUT2D eigenvalue weighted by atomic mass is 16.5. The fourth-order valence-corrected chi connectivity index (χ4v) is 8.10. The molecule has 1 aliphatic heterocycles. The summed E-state index contributed by atoms with van der Waals surface area (Å²) in [5.74, 6) is -1.54. The Morgan fingerprint density at radius 1 is 1.18 bits per heavy atom. The second-order valence-corrected chi connectivity index (χ2v) is 11.3. The van der Waals surface area contributed by atoms with Crippen molar-refractivity contribution in [2.45, 2.75) is 45.3 Å². The summed E-state index contributed by atoms with van der Waals surface area (Å²) >= 11 is 0. The van der Waals surface area contributed by atoms with Gasteiger partial charge in [-0.05, 0) is 47.8 Å². The van der Waals surface area contributed by atoms with Crippen LogP contribution in [0, 0.1) is 34.0 Å². The summed E-state index contributed by atoms with van der Waals surface area (Å²) < 4.78 is 12.2. The summed E-state index contributed by atoms with van der Waals surface area (Å²) in [5, 5.41) is 0.